The van der Waals surface area contributed by atoms with Crippen molar-refractivity contribution in [1.82, 2.24) is 0 Å². The molecule has 16 rings (SSSR count). The van der Waals surface area contributed by atoms with E-state index in [-0.39, 0.29) is 165 Å². The van der Waals surface area contributed by atoms with Crippen molar-refractivity contribution in [3.05, 3.63) is 227 Å². The lowest BCUT2D eigenvalue weighted by molar-refractivity contribution is -0.259. The number of hydrogen-bond donors (Lipinski definition) is 14. The van der Waals surface area contributed by atoms with Crippen LogP contribution in [0.1, 0.15) is 163 Å². The third-order valence-corrected chi connectivity index (χ3v) is 31.4. The first kappa shape index (κ1) is 108. The highest BCUT2D eigenvalue weighted by atomic mass is 16.7. The lowest BCUT2D eigenvalue weighted by Crippen LogP contribution is -2.50. The maximum absolute atomic E-state index is 10.7. The van der Waals surface area contributed by atoms with E-state index in [1.807, 2.05) is 51.1 Å². The largest absolute Gasteiger partial charge is 0.508 e. The zero-order chi connectivity index (χ0) is 101. The SMILES string of the molecule is COCC1Cc2cc(C)c(C)cc2C(c2ccc(OC)c(OC)c2)C1COC1OCC(O)C(C)C1O.COc1cc(C2c3cc(C)c(C)cc3CC(CO)C2COC2OCC(O)C(C)C2O)cc(C)c1OC.COc1cc(C2c3cc(C)c(C)cc3C[C@H](CO)[C@H]2CO[C@@H]2OC[C@@H](O)[C@H](C)[C@H]2O)ccc1O.COc1cc(C2c3cc(O)c(C)cc3CC(CO)C2COC2OCC(O)C(C)C2O)ccc1O. The van der Waals surface area contributed by atoms with Gasteiger partial charge in [0.15, 0.2) is 71.2 Å². The molecule has 4 heterocycles. The molecule has 14 N–H and O–H groups in total. The molecule has 0 spiro atoms. The number of methoxy groups -OCH3 is 7. The lowest BCUT2D eigenvalue weighted by Gasteiger charge is -2.42. The van der Waals surface area contributed by atoms with Gasteiger partial charge in [0.1, 0.15) is 30.2 Å². The van der Waals surface area contributed by atoms with Crippen LogP contribution in [0.5, 0.6) is 51.7 Å². The number of hydrogen-bond acceptors (Lipinski definition) is 29. The Balaban J connectivity index is 0.000000157. The summed E-state index contributed by atoms with van der Waals surface area (Å²) in [6.45, 7) is 25.8. The molecular weight excluding hydrogens is 1800 g/mol. The van der Waals surface area contributed by atoms with Gasteiger partial charge in [0.2, 0.25) is 0 Å². The third-order valence-electron chi connectivity index (χ3n) is 31.4. The molecule has 22 unspecified atom stereocenters. The molecule has 8 aromatic carbocycles. The van der Waals surface area contributed by atoms with E-state index in [1.54, 1.807) is 86.7 Å². The number of aryl methyl sites for hydroxylation is 8. The molecule has 8 aliphatic rings. The monoisotopic (exact) mass is 1950 g/mol. The Morgan fingerprint density at radius 1 is 0.279 bits per heavy atom. The fourth-order valence-corrected chi connectivity index (χ4v) is 22.0. The van der Waals surface area contributed by atoms with Crippen LogP contribution >= 0.6 is 0 Å². The summed E-state index contributed by atoms with van der Waals surface area (Å²) in [4.78, 5) is 0. The number of phenolic OH excluding ortho intramolecular Hbond substituents is 3. The number of benzene rings is 8. The second-order valence-corrected chi connectivity index (χ2v) is 40.0. The minimum absolute atomic E-state index is 0.00466. The summed E-state index contributed by atoms with van der Waals surface area (Å²) in [5, 5.41) is 144. The predicted molar refractivity (Wildman–Crippen MR) is 524 cm³/mol. The van der Waals surface area contributed by atoms with Crippen LogP contribution in [0.3, 0.4) is 0 Å². The molecule has 0 bridgehead atoms. The van der Waals surface area contributed by atoms with Gasteiger partial charge >= 0.3 is 0 Å². The van der Waals surface area contributed by atoms with Crippen LogP contribution in [0, 0.1) is 126 Å². The number of aromatic hydroxyl groups is 3. The van der Waals surface area contributed by atoms with Crippen molar-refractivity contribution in [3.63, 3.8) is 0 Å². The summed E-state index contributed by atoms with van der Waals surface area (Å²) in [5.41, 5.74) is 22.4. The summed E-state index contributed by atoms with van der Waals surface area (Å²) in [5.74, 6) is 1.51. The van der Waals surface area contributed by atoms with E-state index < -0.39 is 79.9 Å². The summed E-state index contributed by atoms with van der Waals surface area (Å²) in [7, 11) is 11.3. The third kappa shape index (κ3) is 23.7. The molecule has 0 amide bonds. The minimum Gasteiger partial charge on any atom is -0.508 e. The van der Waals surface area contributed by atoms with Crippen molar-refractivity contribution in [2.75, 3.05) is 129 Å². The molecule has 4 aliphatic carbocycles. The van der Waals surface area contributed by atoms with Gasteiger partial charge in [-0.3, -0.25) is 0 Å². The second-order valence-electron chi connectivity index (χ2n) is 40.0. The maximum Gasteiger partial charge on any atom is 0.183 e. The van der Waals surface area contributed by atoms with Gasteiger partial charge in [-0.25, -0.2) is 0 Å². The predicted octanol–water partition coefficient (Wildman–Crippen LogP) is 11.6. The van der Waals surface area contributed by atoms with Gasteiger partial charge in [0.05, 0.1) is 120 Å². The standard InChI is InChI=1S/2C29H40O7.C27H36O7.C26H34O8/c1-15-7-19-10-21(12-30)23(13-35-29-27(32)18(4)24(31)14-36-29)26(22(19)9-16(15)2)20-8-17(3)28(34-6)25(11-20)33-5;1-16-9-20-11-21(13-32-4)23(14-35-29-28(31)18(3)24(30)15-36-29)27(22(20)10-17(16)2)19-7-8-25(33-5)26(12-19)34-6;1-14-7-18-9-19(11-28)21(12-33-27-26(31)16(3)23(30)13-34-27)25(20(18)8-15(14)2)17-5-6-22(29)24(10-17)32-4;1-13-6-16-7-17(10-27)19(11-33-26-25(31)14(2)22(30)12-34-26)24(18(16)9-21(13)29)15-4-5-20(28)23(8-15)32-3/h7-9,11,18,21,23-24,26-27,29-32H,10,12-14H2,1-6H3;7-10,12,18,21,23-24,27-31H,11,13-15H2,1-6H3;5-8,10,16,19,21,23,25-31H,9,11-13H2,1-4H3;4-6,8-9,14,17,19,22,24-31H,7,10-12H2,1-3H3/t;;16-,19+,21+,23+,25?,26+,27+;/m..0./s1. The van der Waals surface area contributed by atoms with Crippen molar-refractivity contribution >= 4 is 0 Å². The van der Waals surface area contributed by atoms with E-state index in [2.05, 4.69) is 96.1 Å². The first-order valence-electron chi connectivity index (χ1n) is 49.0. The molecule has 28 atom stereocenters. The normalized spacial score (nSPS) is 30.6. The smallest absolute Gasteiger partial charge is 0.183 e. The Morgan fingerprint density at radius 2 is 0.564 bits per heavy atom. The van der Waals surface area contributed by atoms with Crippen molar-refractivity contribution in [3.8, 4) is 51.7 Å². The zero-order valence-electron chi connectivity index (χ0n) is 84.3. The van der Waals surface area contributed by atoms with Crippen LogP contribution in [-0.4, -0.2) is 275 Å². The Kier molecular flexibility index (Phi) is 37.4. The van der Waals surface area contributed by atoms with Crippen molar-refractivity contribution in [1.29, 1.82) is 0 Å². The number of phenols is 3. The summed E-state index contributed by atoms with van der Waals surface area (Å²) in [6, 6.07) is 38.0. The summed E-state index contributed by atoms with van der Waals surface area (Å²) < 4.78 is 85.9. The van der Waals surface area contributed by atoms with Crippen molar-refractivity contribution in [2.24, 2.45) is 71.0 Å². The highest BCUT2D eigenvalue weighted by Gasteiger charge is 2.49. The number of ether oxygens (including phenoxy) is 15. The molecule has 768 valence electrons. The average Bonchev–Trinajstić information content (AvgIpc) is 0.762. The van der Waals surface area contributed by atoms with Crippen molar-refractivity contribution in [2.45, 2.75) is 206 Å². The van der Waals surface area contributed by atoms with Gasteiger partial charge in [-0.05, 0) is 288 Å². The van der Waals surface area contributed by atoms with E-state index in [4.69, 9.17) is 71.1 Å². The van der Waals surface area contributed by atoms with Gasteiger partial charge in [-0.1, -0.05) is 94.4 Å². The molecule has 140 heavy (non-hydrogen) atoms. The number of rotatable bonds is 27. The number of aliphatic hydroxyl groups is 11. The number of aliphatic hydroxyl groups excluding tert-OH is 11. The van der Waals surface area contributed by atoms with Gasteiger partial charge in [-0.15, -0.1) is 0 Å². The molecule has 8 aromatic rings. The Hall–Kier alpha value is -8.84. The molecular formula is C111H150O29. The molecule has 4 fully saturated rings. The van der Waals surface area contributed by atoms with Crippen LogP contribution in [0.25, 0.3) is 0 Å². The molecule has 0 radical (unpaired) electrons. The van der Waals surface area contributed by atoms with E-state index >= 15 is 0 Å². The lowest BCUT2D eigenvalue weighted by atomic mass is 9.66. The highest BCUT2D eigenvalue weighted by Crippen LogP contribution is 2.54. The van der Waals surface area contributed by atoms with Gasteiger partial charge in [0.25, 0.3) is 0 Å². The highest BCUT2D eigenvalue weighted by molar-refractivity contribution is 5.57. The maximum atomic E-state index is 10.7. The summed E-state index contributed by atoms with van der Waals surface area (Å²) >= 11 is 0. The van der Waals surface area contributed by atoms with E-state index in [1.165, 1.54) is 81.0 Å². The zero-order valence-corrected chi connectivity index (χ0v) is 84.3. The first-order valence-corrected chi connectivity index (χ1v) is 49.0. The van der Waals surface area contributed by atoms with Crippen LogP contribution < -0.4 is 28.4 Å². The van der Waals surface area contributed by atoms with E-state index in [9.17, 15) is 71.5 Å². The van der Waals surface area contributed by atoms with Crippen LogP contribution in [0.2, 0.25) is 0 Å². The molecule has 29 heteroatoms. The molecule has 4 aliphatic heterocycles. The van der Waals surface area contributed by atoms with Crippen LogP contribution in [0.15, 0.2) is 115 Å². The molecule has 0 aromatic heterocycles. The van der Waals surface area contributed by atoms with Crippen LogP contribution in [0.4, 0.5) is 0 Å². The molecule has 4 saturated heterocycles. The minimum atomic E-state index is -0.980. The first-order chi connectivity index (χ1) is 67.0. The average molecular weight is 1950 g/mol. The number of fused-ring (bicyclic) bond motifs is 4. The molecule has 0 saturated carbocycles. The fourth-order valence-electron chi connectivity index (χ4n) is 22.0. The Morgan fingerprint density at radius 3 is 0.886 bits per heavy atom. The van der Waals surface area contributed by atoms with Crippen molar-refractivity contribution < 1.29 is 143 Å². The van der Waals surface area contributed by atoms with Gasteiger partial charge < -0.3 is 143 Å². The van der Waals surface area contributed by atoms with Gasteiger partial charge in [0, 0.05) is 80.9 Å². The Bertz CT molecular complexity index is 5260. The second kappa shape index (κ2) is 48.2. The quantitative estimate of drug-likeness (QED) is 0.0227. The van der Waals surface area contributed by atoms with Crippen LogP contribution in [-0.2, 0) is 68.3 Å². The fraction of sp³-hybridized carbons (Fsp3) is 0.568. The van der Waals surface area contributed by atoms with E-state index in [0.717, 1.165) is 63.8 Å². The van der Waals surface area contributed by atoms with E-state index in [0.29, 0.717) is 60.7 Å². The van der Waals surface area contributed by atoms with Gasteiger partial charge in [-0.2, -0.15) is 0 Å². The summed E-state index contributed by atoms with van der Waals surface area (Å²) in [6.07, 6.45) is -7.03. The Labute approximate surface area is 823 Å². The molecule has 29 nitrogen and oxygen atoms in total. The topological polar surface area (TPSA) is 422 Å².